The Kier molecular flexibility index (Phi) is 7.61. The van der Waals surface area contributed by atoms with Crippen LogP contribution in [0.5, 0.6) is 5.75 Å². The normalized spacial score (nSPS) is 15.2. The van der Waals surface area contributed by atoms with Crippen LogP contribution in [0.1, 0.15) is 37.9 Å². The fourth-order valence-corrected chi connectivity index (χ4v) is 4.45. The van der Waals surface area contributed by atoms with Gasteiger partial charge in [-0.3, -0.25) is 14.7 Å². The molecule has 5 nitrogen and oxygen atoms in total. The van der Waals surface area contributed by atoms with Crippen molar-refractivity contribution in [2.75, 3.05) is 31.6 Å². The Balaban J connectivity index is 1.23. The minimum absolute atomic E-state index is 0.0107. The molecule has 0 saturated carbocycles. The predicted octanol–water partition coefficient (Wildman–Crippen LogP) is 5.47. The zero-order valence-electron chi connectivity index (χ0n) is 20.0. The molecule has 33 heavy (non-hydrogen) atoms. The summed E-state index contributed by atoms with van der Waals surface area (Å²) in [4.78, 5) is 19.1. The Bertz CT molecular complexity index is 1090. The van der Waals surface area contributed by atoms with Crippen LogP contribution < -0.4 is 10.1 Å². The van der Waals surface area contributed by atoms with Gasteiger partial charge in [-0.1, -0.05) is 32.0 Å². The van der Waals surface area contributed by atoms with E-state index in [0.29, 0.717) is 12.5 Å². The third-order valence-electron chi connectivity index (χ3n) is 6.45. The highest BCUT2D eigenvalue weighted by atomic mass is 16.5. The fraction of sp³-hybridized carbons (Fsp3) is 0.429. The van der Waals surface area contributed by atoms with Crippen LogP contribution in [0.3, 0.4) is 0 Å². The van der Waals surface area contributed by atoms with E-state index in [9.17, 15) is 4.79 Å². The van der Waals surface area contributed by atoms with Gasteiger partial charge in [0, 0.05) is 29.2 Å². The standard InChI is InChI=1S/C28H35N3O2/c1-20(2)28(32)30-24-7-4-6-23(19-24)18-22-12-14-31(15-13-22)16-17-33-27-9-5-8-26-25(27)11-10-21(3)29-26/h4-11,19-20,22H,12-18H2,1-3H3,(H,30,32). The fourth-order valence-electron chi connectivity index (χ4n) is 4.45. The predicted molar refractivity (Wildman–Crippen MR) is 135 cm³/mol. The summed E-state index contributed by atoms with van der Waals surface area (Å²) in [7, 11) is 0. The van der Waals surface area contributed by atoms with Gasteiger partial charge in [0.2, 0.25) is 5.91 Å². The van der Waals surface area contributed by atoms with Crippen molar-refractivity contribution in [2.24, 2.45) is 11.8 Å². The summed E-state index contributed by atoms with van der Waals surface area (Å²) in [6.45, 7) is 9.69. The summed E-state index contributed by atoms with van der Waals surface area (Å²) in [5.74, 6) is 1.66. The van der Waals surface area contributed by atoms with Gasteiger partial charge in [0.1, 0.15) is 12.4 Å². The van der Waals surface area contributed by atoms with Gasteiger partial charge in [0.15, 0.2) is 0 Å². The van der Waals surface area contributed by atoms with Crippen LogP contribution in [-0.4, -0.2) is 42.0 Å². The highest BCUT2D eigenvalue weighted by Crippen LogP contribution is 2.26. The number of benzene rings is 2. The summed E-state index contributed by atoms with van der Waals surface area (Å²) >= 11 is 0. The minimum atomic E-state index is -0.0107. The largest absolute Gasteiger partial charge is 0.492 e. The Morgan fingerprint density at radius 1 is 1.12 bits per heavy atom. The number of aromatic nitrogens is 1. The van der Waals surface area contributed by atoms with Gasteiger partial charge in [0.25, 0.3) is 0 Å². The molecule has 5 heteroatoms. The summed E-state index contributed by atoms with van der Waals surface area (Å²) in [6, 6.07) is 18.5. The van der Waals surface area contributed by atoms with E-state index in [1.54, 1.807) is 0 Å². The molecule has 1 aliphatic rings. The van der Waals surface area contributed by atoms with Gasteiger partial charge in [0.05, 0.1) is 5.52 Å². The Labute approximate surface area is 197 Å². The second-order valence-electron chi connectivity index (χ2n) is 9.46. The number of anilines is 1. The highest BCUT2D eigenvalue weighted by Gasteiger charge is 2.20. The van der Waals surface area contributed by atoms with E-state index in [1.807, 2.05) is 57.2 Å². The number of nitrogens with zero attached hydrogens (tertiary/aromatic N) is 2. The molecular formula is C28H35N3O2. The average molecular weight is 446 g/mol. The van der Waals surface area contributed by atoms with E-state index in [2.05, 4.69) is 33.4 Å². The third kappa shape index (κ3) is 6.32. The molecule has 0 spiro atoms. The lowest BCUT2D eigenvalue weighted by molar-refractivity contribution is -0.118. The van der Waals surface area contributed by atoms with E-state index in [0.717, 1.165) is 54.1 Å². The molecule has 4 rings (SSSR count). The zero-order valence-corrected chi connectivity index (χ0v) is 20.0. The number of nitrogens with one attached hydrogen (secondary N) is 1. The van der Waals surface area contributed by atoms with Crippen LogP contribution in [0.15, 0.2) is 54.6 Å². The molecule has 0 atom stereocenters. The summed E-state index contributed by atoms with van der Waals surface area (Å²) < 4.78 is 6.13. The maximum atomic E-state index is 12.0. The van der Waals surface area contributed by atoms with E-state index < -0.39 is 0 Å². The van der Waals surface area contributed by atoms with Gasteiger partial charge < -0.3 is 10.1 Å². The van der Waals surface area contributed by atoms with Crippen molar-refractivity contribution < 1.29 is 9.53 Å². The lowest BCUT2D eigenvalue weighted by atomic mass is 9.90. The van der Waals surface area contributed by atoms with Crippen LogP contribution in [0, 0.1) is 18.8 Å². The zero-order chi connectivity index (χ0) is 23.2. The first-order chi connectivity index (χ1) is 16.0. The molecule has 0 radical (unpaired) electrons. The molecule has 0 aliphatic carbocycles. The first kappa shape index (κ1) is 23.2. The SMILES string of the molecule is Cc1ccc2c(OCCN3CCC(Cc4cccc(NC(=O)C(C)C)c4)CC3)cccc2n1. The molecule has 1 aliphatic heterocycles. The van der Waals surface area contributed by atoms with Crippen LogP contribution in [0.25, 0.3) is 10.9 Å². The Hall–Kier alpha value is -2.92. The molecule has 0 unspecified atom stereocenters. The first-order valence-corrected chi connectivity index (χ1v) is 12.1. The number of rotatable bonds is 8. The molecule has 2 heterocycles. The topological polar surface area (TPSA) is 54.5 Å². The van der Waals surface area contributed by atoms with Gasteiger partial charge >= 0.3 is 0 Å². The van der Waals surface area contributed by atoms with Crippen LogP contribution in [0.2, 0.25) is 0 Å². The third-order valence-corrected chi connectivity index (χ3v) is 6.45. The van der Waals surface area contributed by atoms with Crippen LogP contribution >= 0.6 is 0 Å². The molecule has 2 aromatic carbocycles. The molecule has 0 bridgehead atoms. The number of hydrogen-bond acceptors (Lipinski definition) is 4. The van der Waals surface area contributed by atoms with Crippen LogP contribution in [0.4, 0.5) is 5.69 Å². The molecule has 174 valence electrons. The molecule has 3 aromatic rings. The number of aryl methyl sites for hydroxylation is 1. The van der Waals surface area contributed by atoms with Crippen molar-refractivity contribution in [3.63, 3.8) is 0 Å². The average Bonchev–Trinajstić information content (AvgIpc) is 2.80. The number of fused-ring (bicyclic) bond motifs is 1. The number of likely N-dealkylation sites (tertiary alicyclic amines) is 1. The number of ether oxygens (including phenoxy) is 1. The van der Waals surface area contributed by atoms with Gasteiger partial charge in [-0.2, -0.15) is 0 Å². The molecule has 1 aromatic heterocycles. The van der Waals surface area contributed by atoms with Crippen molar-refractivity contribution in [3.05, 3.63) is 65.9 Å². The molecule has 1 amide bonds. The lowest BCUT2D eigenvalue weighted by Gasteiger charge is -2.32. The maximum Gasteiger partial charge on any atom is 0.226 e. The lowest BCUT2D eigenvalue weighted by Crippen LogP contribution is -2.37. The highest BCUT2D eigenvalue weighted by molar-refractivity contribution is 5.92. The Morgan fingerprint density at radius 2 is 1.91 bits per heavy atom. The molecule has 1 saturated heterocycles. The number of hydrogen-bond donors (Lipinski definition) is 1. The summed E-state index contributed by atoms with van der Waals surface area (Å²) in [5.41, 5.74) is 4.22. The van der Waals surface area contributed by atoms with Crippen molar-refractivity contribution in [3.8, 4) is 5.75 Å². The van der Waals surface area contributed by atoms with Gasteiger partial charge in [-0.25, -0.2) is 0 Å². The number of pyridine rings is 1. The number of carbonyl (C=O) groups is 1. The van der Waals surface area contributed by atoms with Crippen molar-refractivity contribution in [1.82, 2.24) is 9.88 Å². The number of piperidine rings is 1. The quantitative estimate of drug-likeness (QED) is 0.499. The van der Waals surface area contributed by atoms with Crippen LogP contribution in [-0.2, 0) is 11.2 Å². The maximum absolute atomic E-state index is 12.0. The van der Waals surface area contributed by atoms with E-state index >= 15 is 0 Å². The second-order valence-corrected chi connectivity index (χ2v) is 9.46. The Morgan fingerprint density at radius 3 is 2.70 bits per heavy atom. The van der Waals surface area contributed by atoms with Gasteiger partial charge in [-0.15, -0.1) is 0 Å². The summed E-state index contributed by atoms with van der Waals surface area (Å²) in [6.07, 6.45) is 3.46. The van der Waals surface area contributed by atoms with Crippen molar-refractivity contribution >= 4 is 22.5 Å². The number of amides is 1. The smallest absolute Gasteiger partial charge is 0.226 e. The monoisotopic (exact) mass is 445 g/mol. The van der Waals surface area contributed by atoms with E-state index in [1.165, 1.54) is 18.4 Å². The second kappa shape index (κ2) is 10.8. The van der Waals surface area contributed by atoms with Crippen molar-refractivity contribution in [1.29, 1.82) is 0 Å². The minimum Gasteiger partial charge on any atom is -0.492 e. The molecule has 1 N–H and O–H groups in total. The first-order valence-electron chi connectivity index (χ1n) is 12.1. The van der Waals surface area contributed by atoms with E-state index in [4.69, 9.17) is 4.74 Å². The number of carbonyl (C=O) groups excluding carboxylic acids is 1. The molecule has 1 fully saturated rings. The van der Waals surface area contributed by atoms with Gasteiger partial charge in [-0.05, 0) is 87.2 Å². The van der Waals surface area contributed by atoms with Crippen molar-refractivity contribution in [2.45, 2.75) is 40.0 Å². The van der Waals surface area contributed by atoms with E-state index in [-0.39, 0.29) is 11.8 Å². The summed E-state index contributed by atoms with van der Waals surface area (Å²) in [5, 5.41) is 4.09. The molecular weight excluding hydrogens is 410 g/mol.